The van der Waals surface area contributed by atoms with Crippen LogP contribution < -0.4 is 10.1 Å². The largest absolute Gasteiger partial charge is 0.494 e. The summed E-state index contributed by atoms with van der Waals surface area (Å²) in [5.74, 6) is 0.896. The minimum absolute atomic E-state index is 0.296. The molecule has 112 valence electrons. The maximum absolute atomic E-state index is 6.23. The van der Waals surface area contributed by atoms with Crippen molar-refractivity contribution in [3.05, 3.63) is 64.1 Å². The number of likely N-dealkylation sites (N-methyl/N-ethyl adjacent to an activating group) is 1. The summed E-state index contributed by atoms with van der Waals surface area (Å²) in [5.41, 5.74) is 1.06. The fourth-order valence-corrected chi connectivity index (χ4v) is 2.55. The van der Waals surface area contributed by atoms with Gasteiger partial charge in [-0.3, -0.25) is 0 Å². The van der Waals surface area contributed by atoms with E-state index in [2.05, 4.69) is 5.32 Å². The molecule has 0 aromatic heterocycles. The van der Waals surface area contributed by atoms with Gasteiger partial charge in [-0.1, -0.05) is 53.5 Å². The van der Waals surface area contributed by atoms with Gasteiger partial charge in [0.25, 0.3) is 0 Å². The molecule has 0 saturated carbocycles. The van der Waals surface area contributed by atoms with Crippen LogP contribution in [0.15, 0.2) is 48.5 Å². The van der Waals surface area contributed by atoms with Gasteiger partial charge < -0.3 is 10.1 Å². The summed E-state index contributed by atoms with van der Waals surface area (Å²) in [6.45, 7) is 0.660. The second kappa shape index (κ2) is 8.28. The van der Waals surface area contributed by atoms with E-state index >= 15 is 0 Å². The Morgan fingerprint density at radius 3 is 2.52 bits per heavy atom. The zero-order chi connectivity index (χ0) is 15.1. The maximum atomic E-state index is 6.23. The molecular weight excluding hydrogens is 305 g/mol. The first-order valence-corrected chi connectivity index (χ1v) is 7.74. The van der Waals surface area contributed by atoms with Crippen molar-refractivity contribution in [2.24, 2.45) is 0 Å². The second-order valence-corrected chi connectivity index (χ2v) is 5.64. The molecular formula is C17H19Cl2NO. The third-order valence-electron chi connectivity index (χ3n) is 3.38. The molecule has 0 spiro atoms. The number of para-hydroxylation sites is 1. The van der Waals surface area contributed by atoms with Crippen molar-refractivity contribution in [1.82, 2.24) is 5.32 Å². The van der Waals surface area contributed by atoms with E-state index in [9.17, 15) is 0 Å². The lowest BCUT2D eigenvalue weighted by Gasteiger charge is -2.17. The van der Waals surface area contributed by atoms with Crippen LogP contribution in [0.1, 0.15) is 12.0 Å². The molecule has 0 radical (unpaired) electrons. The van der Waals surface area contributed by atoms with Crippen LogP contribution in [0.5, 0.6) is 5.75 Å². The van der Waals surface area contributed by atoms with E-state index in [1.807, 2.05) is 49.5 Å². The molecule has 1 N–H and O–H groups in total. The predicted molar refractivity (Wildman–Crippen MR) is 89.6 cm³/mol. The summed E-state index contributed by atoms with van der Waals surface area (Å²) in [6, 6.07) is 15.9. The van der Waals surface area contributed by atoms with Gasteiger partial charge in [0.2, 0.25) is 0 Å². The van der Waals surface area contributed by atoms with E-state index in [1.54, 1.807) is 6.07 Å². The number of hydrogen-bond acceptors (Lipinski definition) is 2. The lowest BCUT2D eigenvalue weighted by atomic mass is 10.0. The van der Waals surface area contributed by atoms with Crippen LogP contribution in [0.4, 0.5) is 0 Å². The van der Waals surface area contributed by atoms with E-state index in [1.165, 1.54) is 0 Å². The molecule has 0 aliphatic heterocycles. The van der Waals surface area contributed by atoms with Gasteiger partial charge in [0.1, 0.15) is 5.75 Å². The highest BCUT2D eigenvalue weighted by atomic mass is 35.5. The number of benzene rings is 2. The molecule has 2 aromatic rings. The number of rotatable bonds is 7. The number of nitrogens with one attached hydrogen (secondary N) is 1. The van der Waals surface area contributed by atoms with Crippen molar-refractivity contribution in [3.8, 4) is 5.75 Å². The van der Waals surface area contributed by atoms with E-state index < -0.39 is 0 Å². The Morgan fingerprint density at radius 2 is 1.81 bits per heavy atom. The van der Waals surface area contributed by atoms with Gasteiger partial charge in [-0.05, 0) is 43.7 Å². The van der Waals surface area contributed by atoms with Gasteiger partial charge >= 0.3 is 0 Å². The molecule has 0 amide bonds. The fourth-order valence-electron chi connectivity index (χ4n) is 2.16. The minimum Gasteiger partial charge on any atom is -0.494 e. The van der Waals surface area contributed by atoms with E-state index in [0.29, 0.717) is 22.7 Å². The Labute approximate surface area is 136 Å². The van der Waals surface area contributed by atoms with Gasteiger partial charge in [0.05, 0.1) is 16.7 Å². The molecule has 0 bridgehead atoms. The minimum atomic E-state index is 0.296. The quantitative estimate of drug-likeness (QED) is 0.804. The van der Waals surface area contributed by atoms with Crippen LogP contribution in [0.3, 0.4) is 0 Å². The topological polar surface area (TPSA) is 21.3 Å². The molecule has 0 heterocycles. The molecule has 0 aliphatic carbocycles. The average Bonchev–Trinajstić information content (AvgIpc) is 2.51. The van der Waals surface area contributed by atoms with Crippen molar-refractivity contribution in [2.45, 2.75) is 18.9 Å². The van der Waals surface area contributed by atoms with Crippen LogP contribution in [0.25, 0.3) is 0 Å². The second-order valence-electron chi connectivity index (χ2n) is 4.85. The van der Waals surface area contributed by atoms with Crippen LogP contribution in [-0.4, -0.2) is 19.7 Å². The summed E-state index contributed by atoms with van der Waals surface area (Å²) < 4.78 is 5.73. The Bertz CT molecular complexity index is 560. The molecule has 0 saturated heterocycles. The zero-order valence-corrected chi connectivity index (χ0v) is 13.5. The van der Waals surface area contributed by atoms with E-state index in [-0.39, 0.29) is 0 Å². The summed E-state index contributed by atoms with van der Waals surface area (Å²) >= 11 is 12.3. The van der Waals surface area contributed by atoms with Crippen LogP contribution in [0, 0.1) is 0 Å². The normalized spacial score (nSPS) is 12.1. The first-order valence-electron chi connectivity index (χ1n) is 6.98. The van der Waals surface area contributed by atoms with E-state index in [0.717, 1.165) is 24.2 Å². The first kappa shape index (κ1) is 16.2. The molecule has 1 unspecified atom stereocenters. The van der Waals surface area contributed by atoms with Gasteiger partial charge in [0.15, 0.2) is 0 Å². The van der Waals surface area contributed by atoms with Crippen molar-refractivity contribution in [2.75, 3.05) is 13.7 Å². The molecule has 4 heteroatoms. The summed E-state index contributed by atoms with van der Waals surface area (Å²) in [4.78, 5) is 0. The lowest BCUT2D eigenvalue weighted by Crippen LogP contribution is -2.29. The van der Waals surface area contributed by atoms with Gasteiger partial charge in [-0.25, -0.2) is 0 Å². The average molecular weight is 324 g/mol. The summed E-state index contributed by atoms with van der Waals surface area (Å²) in [7, 11) is 1.95. The van der Waals surface area contributed by atoms with Gasteiger partial charge in [-0.15, -0.1) is 0 Å². The van der Waals surface area contributed by atoms with Crippen LogP contribution in [0.2, 0.25) is 10.0 Å². The smallest absolute Gasteiger partial charge is 0.119 e. The summed E-state index contributed by atoms with van der Waals surface area (Å²) in [5, 5.41) is 4.55. The summed E-state index contributed by atoms with van der Waals surface area (Å²) in [6.07, 6.45) is 1.72. The molecule has 2 rings (SSSR count). The number of ether oxygens (including phenoxy) is 1. The van der Waals surface area contributed by atoms with Gasteiger partial charge in [-0.2, -0.15) is 0 Å². The molecule has 0 fully saturated rings. The maximum Gasteiger partial charge on any atom is 0.119 e. The molecule has 0 aliphatic rings. The SMILES string of the molecule is CNC(CCOc1ccccc1)Cc1cccc(Cl)c1Cl. The number of halogens is 2. The highest BCUT2D eigenvalue weighted by molar-refractivity contribution is 6.42. The molecule has 1 atom stereocenters. The van der Waals surface area contributed by atoms with E-state index in [4.69, 9.17) is 27.9 Å². The Balaban J connectivity index is 1.87. The van der Waals surface area contributed by atoms with Gasteiger partial charge in [0, 0.05) is 6.04 Å². The van der Waals surface area contributed by atoms with Crippen molar-refractivity contribution in [3.63, 3.8) is 0 Å². The third kappa shape index (κ3) is 4.92. The van der Waals surface area contributed by atoms with Crippen molar-refractivity contribution < 1.29 is 4.74 Å². The fraction of sp³-hybridized carbons (Fsp3) is 0.294. The zero-order valence-electron chi connectivity index (χ0n) is 12.0. The van der Waals surface area contributed by atoms with Crippen LogP contribution >= 0.6 is 23.2 Å². The highest BCUT2D eigenvalue weighted by Gasteiger charge is 2.11. The third-order valence-corrected chi connectivity index (χ3v) is 4.24. The predicted octanol–water partition coefficient (Wildman–Crippen LogP) is 4.59. The standard InChI is InChI=1S/C17H19Cl2NO/c1-20-14(10-11-21-15-7-3-2-4-8-15)12-13-6-5-9-16(18)17(13)19/h2-9,14,20H,10-12H2,1H3. The Morgan fingerprint density at radius 1 is 1.05 bits per heavy atom. The Hall–Kier alpha value is -1.22. The molecule has 21 heavy (non-hydrogen) atoms. The highest BCUT2D eigenvalue weighted by Crippen LogP contribution is 2.26. The molecule has 2 nitrogen and oxygen atoms in total. The monoisotopic (exact) mass is 323 g/mol. The lowest BCUT2D eigenvalue weighted by molar-refractivity contribution is 0.288. The Kier molecular flexibility index (Phi) is 6.37. The number of hydrogen-bond donors (Lipinski definition) is 1. The van der Waals surface area contributed by atoms with Crippen LogP contribution in [-0.2, 0) is 6.42 Å². The van der Waals surface area contributed by atoms with Crippen molar-refractivity contribution in [1.29, 1.82) is 0 Å². The first-order chi connectivity index (χ1) is 10.2. The molecule has 2 aromatic carbocycles. The van der Waals surface area contributed by atoms with Crippen molar-refractivity contribution >= 4 is 23.2 Å².